The minimum Gasteiger partial charge on any atom is -0.383 e. The van der Waals surface area contributed by atoms with E-state index in [1.807, 2.05) is 5.38 Å². The van der Waals surface area contributed by atoms with Gasteiger partial charge in [0.1, 0.15) is 5.82 Å². The van der Waals surface area contributed by atoms with Crippen molar-refractivity contribution < 1.29 is 9.13 Å². The molecule has 3 aromatic rings. The van der Waals surface area contributed by atoms with E-state index in [1.54, 1.807) is 30.0 Å². The zero-order valence-electron chi connectivity index (χ0n) is 16.6. The molecule has 0 bridgehead atoms. The van der Waals surface area contributed by atoms with E-state index in [1.165, 1.54) is 40.3 Å². The van der Waals surface area contributed by atoms with E-state index < -0.39 is 0 Å². The number of aryl methyl sites for hydroxylation is 3. The number of rotatable bonds is 6. The summed E-state index contributed by atoms with van der Waals surface area (Å²) in [6.07, 6.45) is 1.54. The summed E-state index contributed by atoms with van der Waals surface area (Å²) in [5.41, 5.74) is 6.11. The Morgan fingerprint density at radius 1 is 1.11 bits per heavy atom. The van der Waals surface area contributed by atoms with Crippen LogP contribution in [0.5, 0.6) is 0 Å². The molecule has 0 spiro atoms. The largest absolute Gasteiger partial charge is 0.383 e. The second-order valence-corrected chi connectivity index (χ2v) is 7.44. The van der Waals surface area contributed by atoms with Gasteiger partial charge in [0.2, 0.25) is 4.80 Å². The first-order valence-electron chi connectivity index (χ1n) is 9.08. The van der Waals surface area contributed by atoms with Gasteiger partial charge in [-0.25, -0.2) is 9.07 Å². The van der Waals surface area contributed by atoms with Crippen molar-refractivity contribution in [3.05, 3.63) is 74.7 Å². The highest BCUT2D eigenvalue weighted by Gasteiger charge is 2.11. The summed E-state index contributed by atoms with van der Waals surface area (Å²) in [4.78, 5) is 5.34. The van der Waals surface area contributed by atoms with E-state index in [-0.39, 0.29) is 5.82 Å². The molecule has 0 aliphatic carbocycles. The van der Waals surface area contributed by atoms with Gasteiger partial charge in [0, 0.05) is 23.6 Å². The Morgan fingerprint density at radius 3 is 2.61 bits per heavy atom. The molecule has 4 nitrogen and oxygen atoms in total. The van der Waals surface area contributed by atoms with Gasteiger partial charge < -0.3 is 4.74 Å². The third kappa shape index (κ3) is 4.46. The summed E-state index contributed by atoms with van der Waals surface area (Å²) in [6, 6.07) is 10.9. The average molecular weight is 398 g/mol. The maximum absolute atomic E-state index is 14.0. The summed E-state index contributed by atoms with van der Waals surface area (Å²) in [5.74, 6) is -0.302. The Morgan fingerprint density at radius 2 is 1.86 bits per heavy atom. The highest BCUT2D eigenvalue weighted by molar-refractivity contribution is 7.07. The van der Waals surface area contributed by atoms with Crippen molar-refractivity contribution in [1.29, 1.82) is 0 Å². The molecule has 0 aliphatic rings. The Hall–Kier alpha value is -2.57. The maximum Gasteiger partial charge on any atom is 0.206 e. The van der Waals surface area contributed by atoms with Gasteiger partial charge in [-0.2, -0.15) is 5.10 Å². The highest BCUT2D eigenvalue weighted by atomic mass is 32.1. The minimum atomic E-state index is -0.302. The molecular weight excluding hydrogens is 373 g/mol. The first-order valence-corrected chi connectivity index (χ1v) is 9.96. The van der Waals surface area contributed by atoms with Gasteiger partial charge in [0.05, 0.1) is 25.1 Å². The summed E-state index contributed by atoms with van der Waals surface area (Å²) in [6.45, 7) is 7.37. The molecule has 0 saturated heterocycles. The zero-order valence-corrected chi connectivity index (χ0v) is 17.4. The van der Waals surface area contributed by atoms with Crippen molar-refractivity contribution in [1.82, 2.24) is 4.68 Å². The van der Waals surface area contributed by atoms with Gasteiger partial charge in [-0.3, -0.25) is 4.99 Å². The predicted octanol–water partition coefficient (Wildman–Crippen LogP) is 4.71. The molecule has 0 radical (unpaired) electrons. The summed E-state index contributed by atoms with van der Waals surface area (Å²) >= 11 is 1.51. The molecule has 28 heavy (non-hydrogen) atoms. The number of methoxy groups -OCH3 is 1. The third-order valence-corrected chi connectivity index (χ3v) is 5.42. The molecule has 146 valence electrons. The van der Waals surface area contributed by atoms with Crippen LogP contribution in [0, 0.1) is 26.6 Å². The van der Waals surface area contributed by atoms with E-state index in [0.717, 1.165) is 16.1 Å². The van der Waals surface area contributed by atoms with Crippen molar-refractivity contribution in [3.8, 4) is 11.3 Å². The molecule has 0 saturated carbocycles. The number of benzene rings is 2. The molecule has 0 amide bonds. The van der Waals surface area contributed by atoms with Gasteiger partial charge >= 0.3 is 0 Å². The van der Waals surface area contributed by atoms with Crippen molar-refractivity contribution in [2.24, 2.45) is 10.1 Å². The lowest BCUT2D eigenvalue weighted by molar-refractivity contribution is 0.207. The van der Waals surface area contributed by atoms with Crippen molar-refractivity contribution >= 4 is 17.6 Å². The van der Waals surface area contributed by atoms with Crippen molar-refractivity contribution in [2.45, 2.75) is 20.8 Å². The number of hydrogen-bond donors (Lipinski definition) is 0. The molecule has 0 unspecified atom stereocenters. The molecular formula is C22H24FN3OS. The zero-order chi connectivity index (χ0) is 20.1. The summed E-state index contributed by atoms with van der Waals surface area (Å²) < 4.78 is 20.9. The van der Waals surface area contributed by atoms with Gasteiger partial charge in [-0.05, 0) is 49.6 Å². The van der Waals surface area contributed by atoms with Crippen LogP contribution in [0.2, 0.25) is 0 Å². The lowest BCUT2D eigenvalue weighted by atomic mass is 9.99. The van der Waals surface area contributed by atoms with E-state index in [4.69, 9.17) is 4.74 Å². The van der Waals surface area contributed by atoms with Gasteiger partial charge in [-0.15, -0.1) is 11.3 Å². The van der Waals surface area contributed by atoms with Crippen LogP contribution < -0.4 is 4.80 Å². The lowest BCUT2D eigenvalue weighted by Gasteiger charge is -2.10. The topological polar surface area (TPSA) is 38.9 Å². The fourth-order valence-corrected chi connectivity index (χ4v) is 3.73. The smallest absolute Gasteiger partial charge is 0.206 e. The molecule has 1 aromatic heterocycles. The highest BCUT2D eigenvalue weighted by Crippen LogP contribution is 2.27. The maximum atomic E-state index is 14.0. The van der Waals surface area contributed by atoms with Crippen LogP contribution in [0.1, 0.15) is 22.3 Å². The second kappa shape index (κ2) is 9.08. The van der Waals surface area contributed by atoms with E-state index in [2.05, 4.69) is 43.0 Å². The molecule has 0 aliphatic heterocycles. The number of hydrogen-bond acceptors (Lipinski definition) is 4. The van der Waals surface area contributed by atoms with Crippen LogP contribution in [0.25, 0.3) is 11.3 Å². The van der Waals surface area contributed by atoms with Crippen LogP contribution in [0.4, 0.5) is 4.39 Å². The van der Waals surface area contributed by atoms with Crippen molar-refractivity contribution in [3.63, 3.8) is 0 Å². The summed E-state index contributed by atoms with van der Waals surface area (Å²) in [7, 11) is 1.65. The SMILES string of the molecule is COCCN=c1scc(-c2cc(C)c(C)cc2C)n1/N=C\c1ccccc1F. The fourth-order valence-electron chi connectivity index (χ4n) is 2.87. The number of thiazole rings is 1. The number of aromatic nitrogens is 1. The predicted molar refractivity (Wildman–Crippen MR) is 114 cm³/mol. The molecule has 0 atom stereocenters. The normalized spacial score (nSPS) is 12.2. The first kappa shape index (κ1) is 20.2. The number of ether oxygens (including phenoxy) is 1. The monoisotopic (exact) mass is 397 g/mol. The molecule has 1 heterocycles. The molecule has 0 fully saturated rings. The number of halogens is 1. The molecule has 3 rings (SSSR count). The van der Waals surface area contributed by atoms with Crippen LogP contribution >= 0.6 is 11.3 Å². The van der Waals surface area contributed by atoms with E-state index in [9.17, 15) is 4.39 Å². The summed E-state index contributed by atoms with van der Waals surface area (Å²) in [5, 5.41) is 6.62. The van der Waals surface area contributed by atoms with Crippen LogP contribution in [0.3, 0.4) is 0 Å². The standard InChI is InChI=1S/C22H24FN3OS/c1-15-11-17(3)19(12-16(15)2)21-14-28-22(24-9-10-27-4)26(21)25-13-18-7-5-6-8-20(18)23/h5-8,11-14H,9-10H2,1-4H3/b24-22?,25-13-. The quantitative estimate of drug-likeness (QED) is 0.438. The molecule has 2 aromatic carbocycles. The van der Waals surface area contributed by atoms with E-state index in [0.29, 0.717) is 18.7 Å². The Bertz CT molecular complexity index is 1070. The van der Waals surface area contributed by atoms with Crippen LogP contribution in [-0.4, -0.2) is 31.2 Å². The first-order chi connectivity index (χ1) is 13.5. The van der Waals surface area contributed by atoms with Crippen molar-refractivity contribution in [2.75, 3.05) is 20.3 Å². The average Bonchev–Trinajstić information content (AvgIpc) is 3.07. The minimum absolute atomic E-state index is 0.302. The van der Waals surface area contributed by atoms with Gasteiger partial charge in [0.15, 0.2) is 0 Å². The Labute approximate surface area is 168 Å². The Kier molecular flexibility index (Phi) is 6.54. The third-order valence-electron chi connectivity index (χ3n) is 4.56. The van der Waals surface area contributed by atoms with Gasteiger partial charge in [0.25, 0.3) is 0 Å². The number of nitrogens with zero attached hydrogens (tertiary/aromatic N) is 3. The van der Waals surface area contributed by atoms with Crippen LogP contribution in [0.15, 0.2) is 51.9 Å². The molecule has 0 N–H and O–H groups in total. The fraction of sp³-hybridized carbons (Fsp3) is 0.273. The van der Waals surface area contributed by atoms with Gasteiger partial charge in [-0.1, -0.05) is 24.3 Å². The van der Waals surface area contributed by atoms with E-state index >= 15 is 0 Å². The van der Waals surface area contributed by atoms with Crippen LogP contribution in [-0.2, 0) is 4.74 Å². The second-order valence-electron chi connectivity index (χ2n) is 6.61. The lowest BCUT2D eigenvalue weighted by Crippen LogP contribution is -2.14. The molecule has 6 heteroatoms. The Balaban J connectivity index is 2.13.